The number of carbonyl (C=O) groups is 1. The maximum atomic E-state index is 12.7. The first-order valence-corrected chi connectivity index (χ1v) is 9.71. The van der Waals surface area contributed by atoms with E-state index in [1.807, 2.05) is 36.4 Å². The summed E-state index contributed by atoms with van der Waals surface area (Å²) in [4.78, 5) is 29.1. The van der Waals surface area contributed by atoms with Crippen LogP contribution in [-0.4, -0.2) is 28.4 Å². The van der Waals surface area contributed by atoms with Crippen LogP contribution in [0.2, 0.25) is 0 Å². The summed E-state index contributed by atoms with van der Waals surface area (Å²) in [5.41, 5.74) is 1.93. The Morgan fingerprint density at radius 2 is 1.74 bits per heavy atom. The number of ether oxygens (including phenoxy) is 1. The number of anilines is 1. The smallest absolute Gasteiger partial charge is 0.282 e. The minimum atomic E-state index is -0.240. The van der Waals surface area contributed by atoms with Crippen LogP contribution >= 0.6 is 0 Å². The molecule has 31 heavy (non-hydrogen) atoms. The Labute approximate surface area is 178 Å². The molecule has 1 heterocycles. The molecule has 154 valence electrons. The van der Waals surface area contributed by atoms with E-state index in [0.717, 1.165) is 11.3 Å². The van der Waals surface area contributed by atoms with Gasteiger partial charge in [0.15, 0.2) is 6.61 Å². The van der Waals surface area contributed by atoms with Crippen molar-refractivity contribution in [1.82, 2.24) is 9.66 Å². The van der Waals surface area contributed by atoms with Gasteiger partial charge in [0.05, 0.1) is 17.1 Å². The molecule has 3 aromatic carbocycles. The molecule has 0 saturated carbocycles. The van der Waals surface area contributed by atoms with Gasteiger partial charge in [-0.3, -0.25) is 9.59 Å². The third-order valence-corrected chi connectivity index (χ3v) is 4.55. The van der Waals surface area contributed by atoms with Gasteiger partial charge in [-0.2, -0.15) is 9.78 Å². The first-order valence-electron chi connectivity index (χ1n) is 9.71. The van der Waals surface area contributed by atoms with Gasteiger partial charge >= 0.3 is 0 Å². The molecule has 0 aliphatic heterocycles. The van der Waals surface area contributed by atoms with Crippen LogP contribution in [0.25, 0.3) is 10.9 Å². The Morgan fingerprint density at radius 1 is 1.03 bits per heavy atom. The maximum absolute atomic E-state index is 12.7. The number of amides is 1. The molecule has 0 spiro atoms. The highest BCUT2D eigenvalue weighted by atomic mass is 16.5. The minimum absolute atomic E-state index is 0.0975. The molecule has 4 aromatic rings. The van der Waals surface area contributed by atoms with Crippen molar-refractivity contribution in [2.45, 2.75) is 6.92 Å². The molecular weight excluding hydrogens is 392 g/mol. The van der Waals surface area contributed by atoms with Crippen molar-refractivity contribution in [2.75, 3.05) is 11.9 Å². The first kappa shape index (κ1) is 20.0. The normalized spacial score (nSPS) is 11.0. The van der Waals surface area contributed by atoms with Crippen LogP contribution in [0.5, 0.6) is 5.75 Å². The van der Waals surface area contributed by atoms with Crippen molar-refractivity contribution in [3.8, 4) is 5.75 Å². The summed E-state index contributed by atoms with van der Waals surface area (Å²) >= 11 is 0. The summed E-state index contributed by atoms with van der Waals surface area (Å²) in [5.74, 6) is 0.820. The number of hydrogen-bond acceptors (Lipinski definition) is 5. The van der Waals surface area contributed by atoms with Crippen LogP contribution < -0.4 is 15.6 Å². The summed E-state index contributed by atoms with van der Waals surface area (Å²) in [6.45, 7) is 1.64. The predicted molar refractivity (Wildman–Crippen MR) is 121 cm³/mol. The second-order valence-corrected chi connectivity index (χ2v) is 6.81. The van der Waals surface area contributed by atoms with Gasteiger partial charge in [0.25, 0.3) is 11.5 Å². The van der Waals surface area contributed by atoms with E-state index in [0.29, 0.717) is 22.5 Å². The zero-order valence-corrected chi connectivity index (χ0v) is 16.9. The van der Waals surface area contributed by atoms with Crippen molar-refractivity contribution in [3.05, 3.63) is 101 Å². The number of hydrogen-bond donors (Lipinski definition) is 1. The number of nitrogens with zero attached hydrogens (tertiary/aromatic N) is 3. The SMILES string of the molecule is Cc1nc2ccccc2c(=O)n1/N=C/c1ccc(OCC(=O)Nc2ccccc2)cc1. The molecule has 1 N–H and O–H groups in total. The molecule has 1 amide bonds. The molecule has 0 aliphatic carbocycles. The van der Waals surface area contributed by atoms with Crippen molar-refractivity contribution in [2.24, 2.45) is 5.10 Å². The van der Waals surface area contributed by atoms with E-state index in [1.54, 1.807) is 55.6 Å². The van der Waals surface area contributed by atoms with E-state index in [2.05, 4.69) is 15.4 Å². The maximum Gasteiger partial charge on any atom is 0.282 e. The van der Waals surface area contributed by atoms with Gasteiger partial charge in [-0.15, -0.1) is 0 Å². The van der Waals surface area contributed by atoms with Crippen molar-refractivity contribution < 1.29 is 9.53 Å². The van der Waals surface area contributed by atoms with Gasteiger partial charge in [0.1, 0.15) is 11.6 Å². The van der Waals surface area contributed by atoms with Crippen LogP contribution in [0.1, 0.15) is 11.4 Å². The predicted octanol–water partition coefficient (Wildman–Crippen LogP) is 3.60. The fourth-order valence-corrected chi connectivity index (χ4v) is 3.01. The Kier molecular flexibility index (Phi) is 5.84. The second kappa shape index (κ2) is 9.04. The molecule has 7 heteroatoms. The third-order valence-electron chi connectivity index (χ3n) is 4.55. The van der Waals surface area contributed by atoms with Gasteiger partial charge in [-0.05, 0) is 61.0 Å². The monoisotopic (exact) mass is 412 g/mol. The number of carbonyl (C=O) groups excluding carboxylic acids is 1. The summed E-state index contributed by atoms with van der Waals surface area (Å²) in [6, 6.07) is 23.4. The molecule has 4 rings (SSSR count). The van der Waals surface area contributed by atoms with Crippen LogP contribution in [-0.2, 0) is 4.79 Å². The summed E-state index contributed by atoms with van der Waals surface area (Å²) in [7, 11) is 0. The number of rotatable bonds is 6. The number of nitrogens with one attached hydrogen (secondary N) is 1. The van der Waals surface area contributed by atoms with E-state index in [4.69, 9.17) is 4.74 Å². The van der Waals surface area contributed by atoms with E-state index in [9.17, 15) is 9.59 Å². The van der Waals surface area contributed by atoms with Gasteiger partial charge in [0.2, 0.25) is 0 Å². The third kappa shape index (κ3) is 4.84. The lowest BCUT2D eigenvalue weighted by Gasteiger charge is -2.08. The van der Waals surface area contributed by atoms with Gasteiger partial charge < -0.3 is 10.1 Å². The molecule has 7 nitrogen and oxygen atoms in total. The highest BCUT2D eigenvalue weighted by Gasteiger charge is 2.06. The molecule has 0 bridgehead atoms. The molecule has 0 saturated heterocycles. The topological polar surface area (TPSA) is 85.6 Å². The van der Waals surface area contributed by atoms with Gasteiger partial charge in [-0.1, -0.05) is 30.3 Å². The highest BCUT2D eigenvalue weighted by Crippen LogP contribution is 2.12. The number of para-hydroxylation sites is 2. The van der Waals surface area contributed by atoms with Crippen molar-refractivity contribution in [1.29, 1.82) is 0 Å². The van der Waals surface area contributed by atoms with Crippen LogP contribution in [0, 0.1) is 6.92 Å². The lowest BCUT2D eigenvalue weighted by atomic mass is 10.2. The highest BCUT2D eigenvalue weighted by molar-refractivity contribution is 5.91. The Hall–Kier alpha value is -4.26. The average Bonchev–Trinajstić information content (AvgIpc) is 2.79. The number of benzene rings is 3. The fraction of sp³-hybridized carbons (Fsp3) is 0.0833. The van der Waals surface area contributed by atoms with E-state index >= 15 is 0 Å². The van der Waals surface area contributed by atoms with E-state index in [-0.39, 0.29) is 18.1 Å². The van der Waals surface area contributed by atoms with Crippen molar-refractivity contribution >= 4 is 28.7 Å². The molecular formula is C24H20N4O3. The summed E-state index contributed by atoms with van der Waals surface area (Å²) in [6.07, 6.45) is 1.58. The molecule has 0 radical (unpaired) electrons. The van der Waals surface area contributed by atoms with E-state index in [1.165, 1.54) is 4.68 Å². The molecule has 0 unspecified atom stereocenters. The van der Waals surface area contributed by atoms with Gasteiger partial charge in [-0.25, -0.2) is 4.98 Å². The Bertz CT molecular complexity index is 1300. The number of aryl methyl sites for hydroxylation is 1. The zero-order chi connectivity index (χ0) is 21.6. The van der Waals surface area contributed by atoms with Crippen LogP contribution in [0.3, 0.4) is 0 Å². The first-order chi connectivity index (χ1) is 15.1. The quantitative estimate of drug-likeness (QED) is 0.490. The summed E-state index contributed by atoms with van der Waals surface area (Å²) < 4.78 is 6.80. The standard InChI is InChI=1S/C24H20N4O3/c1-17-26-22-10-6-5-9-21(22)24(30)28(17)25-15-18-11-13-20(14-12-18)31-16-23(29)27-19-7-3-2-4-8-19/h2-15H,16H2,1H3,(H,27,29)/b25-15+. The second-order valence-electron chi connectivity index (χ2n) is 6.81. The van der Waals surface area contributed by atoms with E-state index < -0.39 is 0 Å². The van der Waals surface area contributed by atoms with Crippen molar-refractivity contribution in [3.63, 3.8) is 0 Å². The lowest BCUT2D eigenvalue weighted by molar-refractivity contribution is -0.118. The molecule has 1 aromatic heterocycles. The summed E-state index contributed by atoms with van der Waals surface area (Å²) in [5, 5.41) is 7.57. The fourth-order valence-electron chi connectivity index (χ4n) is 3.01. The Morgan fingerprint density at radius 3 is 2.52 bits per heavy atom. The molecule has 0 fully saturated rings. The Balaban J connectivity index is 1.41. The molecule has 0 atom stereocenters. The van der Waals surface area contributed by atoms with Crippen LogP contribution in [0.15, 0.2) is 88.8 Å². The largest absolute Gasteiger partial charge is 0.484 e. The minimum Gasteiger partial charge on any atom is -0.484 e. The number of aromatic nitrogens is 2. The van der Waals surface area contributed by atoms with Crippen LogP contribution in [0.4, 0.5) is 5.69 Å². The van der Waals surface area contributed by atoms with Gasteiger partial charge in [0, 0.05) is 5.69 Å². The lowest BCUT2D eigenvalue weighted by Crippen LogP contribution is -2.20. The zero-order valence-electron chi connectivity index (χ0n) is 16.9. The average molecular weight is 412 g/mol. The number of fused-ring (bicyclic) bond motifs is 1. The molecule has 0 aliphatic rings.